The second-order valence-electron chi connectivity index (χ2n) is 3.65. The zero-order chi connectivity index (χ0) is 11.0. The van der Waals surface area contributed by atoms with E-state index in [0.29, 0.717) is 13.1 Å². The molecule has 4 nitrogen and oxygen atoms in total. The van der Waals surface area contributed by atoms with Gasteiger partial charge in [0, 0.05) is 19.0 Å². The Hall–Kier alpha value is -0.610. The molecule has 0 aromatic rings. The summed E-state index contributed by atoms with van der Waals surface area (Å²) in [4.78, 5) is 11.4. The number of amides is 1. The van der Waals surface area contributed by atoms with Crippen LogP contribution in [0.4, 0.5) is 0 Å². The average molecular weight is 202 g/mol. The summed E-state index contributed by atoms with van der Waals surface area (Å²) in [5.41, 5.74) is 0. The number of carbonyl (C=O) groups is 1. The molecule has 0 fully saturated rings. The number of hydrogen-bond donors (Lipinski definition) is 3. The fraction of sp³-hybridized carbons (Fsp3) is 0.900. The highest BCUT2D eigenvalue weighted by atomic mass is 16.3. The third-order valence-electron chi connectivity index (χ3n) is 2.09. The maximum atomic E-state index is 11.4. The van der Waals surface area contributed by atoms with Crippen molar-refractivity contribution in [1.82, 2.24) is 10.6 Å². The van der Waals surface area contributed by atoms with Crippen LogP contribution in [-0.2, 0) is 4.79 Å². The predicted molar refractivity (Wildman–Crippen MR) is 57.0 cm³/mol. The Balaban J connectivity index is 3.61. The molecule has 2 unspecified atom stereocenters. The molecule has 3 N–H and O–H groups in total. The summed E-state index contributed by atoms with van der Waals surface area (Å²) in [5, 5.41) is 15.0. The number of nitrogens with one attached hydrogen (secondary N) is 2. The average Bonchev–Trinajstić information content (AvgIpc) is 2.15. The van der Waals surface area contributed by atoms with Crippen molar-refractivity contribution in [1.29, 1.82) is 0 Å². The van der Waals surface area contributed by atoms with Gasteiger partial charge in [0.05, 0.1) is 6.10 Å². The Morgan fingerprint density at radius 1 is 1.43 bits per heavy atom. The van der Waals surface area contributed by atoms with Gasteiger partial charge in [0.1, 0.15) is 0 Å². The smallest absolute Gasteiger partial charge is 0.224 e. The Bertz CT molecular complexity index is 162. The monoisotopic (exact) mass is 202 g/mol. The van der Waals surface area contributed by atoms with Crippen LogP contribution in [0.15, 0.2) is 0 Å². The van der Waals surface area contributed by atoms with Gasteiger partial charge in [-0.25, -0.2) is 0 Å². The van der Waals surface area contributed by atoms with Crippen LogP contribution >= 0.6 is 0 Å². The number of hydrogen-bond acceptors (Lipinski definition) is 3. The molecule has 14 heavy (non-hydrogen) atoms. The molecule has 84 valence electrons. The van der Waals surface area contributed by atoms with E-state index in [2.05, 4.69) is 10.6 Å². The summed E-state index contributed by atoms with van der Waals surface area (Å²) < 4.78 is 0. The van der Waals surface area contributed by atoms with Gasteiger partial charge in [0.25, 0.3) is 0 Å². The number of rotatable bonds is 7. The lowest BCUT2D eigenvalue weighted by Gasteiger charge is -2.14. The highest BCUT2D eigenvalue weighted by molar-refractivity contribution is 5.78. The molecule has 0 heterocycles. The van der Waals surface area contributed by atoms with Gasteiger partial charge in [-0.2, -0.15) is 0 Å². The molecular weight excluding hydrogens is 180 g/mol. The van der Waals surface area contributed by atoms with Crippen LogP contribution in [0.5, 0.6) is 0 Å². The SMILES string of the molecule is CCCC(O)CNC(=O)C(C)CNC. The lowest BCUT2D eigenvalue weighted by Crippen LogP contribution is -2.38. The summed E-state index contributed by atoms with van der Waals surface area (Å²) in [5.74, 6) is -0.0525. The Morgan fingerprint density at radius 2 is 2.07 bits per heavy atom. The molecule has 0 bridgehead atoms. The number of carbonyl (C=O) groups excluding carboxylic acids is 1. The highest BCUT2D eigenvalue weighted by Crippen LogP contribution is 1.96. The fourth-order valence-corrected chi connectivity index (χ4v) is 1.23. The first-order valence-electron chi connectivity index (χ1n) is 5.22. The lowest BCUT2D eigenvalue weighted by molar-refractivity contribution is -0.124. The Kier molecular flexibility index (Phi) is 7.42. The van der Waals surface area contributed by atoms with Gasteiger partial charge in [-0.3, -0.25) is 4.79 Å². The summed E-state index contributed by atoms with van der Waals surface area (Å²) in [6.45, 7) is 4.89. The number of aliphatic hydroxyl groups excluding tert-OH is 1. The topological polar surface area (TPSA) is 61.4 Å². The third kappa shape index (κ3) is 5.94. The van der Waals surface area contributed by atoms with Crippen molar-refractivity contribution in [3.8, 4) is 0 Å². The van der Waals surface area contributed by atoms with E-state index in [1.54, 1.807) is 0 Å². The van der Waals surface area contributed by atoms with Crippen LogP contribution < -0.4 is 10.6 Å². The molecule has 0 saturated heterocycles. The molecule has 0 aromatic heterocycles. The summed E-state index contributed by atoms with van der Waals surface area (Å²) in [6, 6.07) is 0. The van der Waals surface area contributed by atoms with Gasteiger partial charge in [0.15, 0.2) is 0 Å². The van der Waals surface area contributed by atoms with E-state index in [0.717, 1.165) is 12.8 Å². The molecule has 0 aromatic carbocycles. The van der Waals surface area contributed by atoms with Crippen molar-refractivity contribution in [2.24, 2.45) is 5.92 Å². The summed E-state index contributed by atoms with van der Waals surface area (Å²) in [7, 11) is 1.82. The fourth-order valence-electron chi connectivity index (χ4n) is 1.23. The van der Waals surface area contributed by atoms with E-state index in [4.69, 9.17) is 0 Å². The molecule has 4 heteroatoms. The molecule has 1 amide bonds. The first-order chi connectivity index (χ1) is 6.61. The first-order valence-corrected chi connectivity index (χ1v) is 5.22. The van der Waals surface area contributed by atoms with Crippen molar-refractivity contribution in [3.05, 3.63) is 0 Å². The molecule has 0 aliphatic carbocycles. The van der Waals surface area contributed by atoms with Crippen molar-refractivity contribution in [2.45, 2.75) is 32.8 Å². The summed E-state index contributed by atoms with van der Waals surface area (Å²) in [6.07, 6.45) is 1.26. The van der Waals surface area contributed by atoms with Crippen LogP contribution in [0.2, 0.25) is 0 Å². The van der Waals surface area contributed by atoms with Crippen LogP contribution in [0, 0.1) is 5.92 Å². The molecule has 0 aliphatic rings. The molecule has 2 atom stereocenters. The molecule has 0 aliphatic heterocycles. The van der Waals surface area contributed by atoms with Crippen LogP contribution in [0.25, 0.3) is 0 Å². The van der Waals surface area contributed by atoms with Gasteiger partial charge >= 0.3 is 0 Å². The minimum atomic E-state index is -0.411. The second-order valence-corrected chi connectivity index (χ2v) is 3.65. The van der Waals surface area contributed by atoms with E-state index >= 15 is 0 Å². The molecule has 0 saturated carbocycles. The van der Waals surface area contributed by atoms with E-state index in [1.807, 2.05) is 20.9 Å². The molecule has 0 radical (unpaired) electrons. The third-order valence-corrected chi connectivity index (χ3v) is 2.09. The highest BCUT2D eigenvalue weighted by Gasteiger charge is 2.12. The normalized spacial score (nSPS) is 14.9. The minimum Gasteiger partial charge on any atom is -0.391 e. The quantitative estimate of drug-likeness (QED) is 0.549. The maximum absolute atomic E-state index is 11.4. The van der Waals surface area contributed by atoms with Gasteiger partial charge in [0.2, 0.25) is 5.91 Å². The van der Waals surface area contributed by atoms with Crippen molar-refractivity contribution >= 4 is 5.91 Å². The minimum absolute atomic E-state index is 0.00509. The van der Waals surface area contributed by atoms with Crippen molar-refractivity contribution in [3.63, 3.8) is 0 Å². The predicted octanol–water partition coefficient (Wildman–Crippen LogP) is 0.119. The van der Waals surface area contributed by atoms with E-state index in [-0.39, 0.29) is 11.8 Å². The van der Waals surface area contributed by atoms with Crippen LogP contribution in [-0.4, -0.2) is 37.3 Å². The lowest BCUT2D eigenvalue weighted by atomic mass is 10.1. The van der Waals surface area contributed by atoms with Gasteiger partial charge in [-0.05, 0) is 13.5 Å². The Morgan fingerprint density at radius 3 is 2.57 bits per heavy atom. The van der Waals surface area contributed by atoms with Gasteiger partial charge < -0.3 is 15.7 Å². The van der Waals surface area contributed by atoms with Crippen molar-refractivity contribution in [2.75, 3.05) is 20.1 Å². The Labute approximate surface area is 86.1 Å². The van der Waals surface area contributed by atoms with Crippen LogP contribution in [0.1, 0.15) is 26.7 Å². The second kappa shape index (κ2) is 7.76. The van der Waals surface area contributed by atoms with E-state index < -0.39 is 6.10 Å². The van der Waals surface area contributed by atoms with Crippen LogP contribution in [0.3, 0.4) is 0 Å². The zero-order valence-corrected chi connectivity index (χ0v) is 9.34. The van der Waals surface area contributed by atoms with E-state index in [9.17, 15) is 9.90 Å². The maximum Gasteiger partial charge on any atom is 0.224 e. The van der Waals surface area contributed by atoms with Gasteiger partial charge in [-0.15, -0.1) is 0 Å². The molecular formula is C10H22N2O2. The standard InChI is InChI=1S/C10H22N2O2/c1-4-5-9(13)7-12-10(14)8(2)6-11-3/h8-9,11,13H,4-7H2,1-3H3,(H,12,14). The molecule has 0 rings (SSSR count). The first kappa shape index (κ1) is 13.4. The summed E-state index contributed by atoms with van der Waals surface area (Å²) >= 11 is 0. The number of aliphatic hydroxyl groups is 1. The molecule has 0 spiro atoms. The zero-order valence-electron chi connectivity index (χ0n) is 9.34. The van der Waals surface area contributed by atoms with Crippen molar-refractivity contribution < 1.29 is 9.90 Å². The largest absolute Gasteiger partial charge is 0.391 e. The van der Waals surface area contributed by atoms with E-state index in [1.165, 1.54) is 0 Å². The van der Waals surface area contributed by atoms with Gasteiger partial charge in [-0.1, -0.05) is 20.3 Å².